The molecule has 0 bridgehead atoms. The standard InChI is InChI=1S/C19H11Cl3N2O3S/c20-12-5-6-18(16(9-12)24(26)27)28-17-4-2-1-3-15(17)23-10-11-7-13(21)8-14(22)19(11)25/h1-10,25H. The summed E-state index contributed by atoms with van der Waals surface area (Å²) in [4.78, 5) is 16.3. The number of hydrogen-bond acceptors (Lipinski definition) is 5. The van der Waals surface area contributed by atoms with Crippen molar-refractivity contribution in [3.8, 4) is 5.75 Å². The van der Waals surface area contributed by atoms with Crippen LogP contribution in [0, 0.1) is 10.1 Å². The van der Waals surface area contributed by atoms with Crippen molar-refractivity contribution >= 4 is 64.2 Å². The van der Waals surface area contributed by atoms with Crippen molar-refractivity contribution in [3.63, 3.8) is 0 Å². The van der Waals surface area contributed by atoms with Crippen LogP contribution in [-0.4, -0.2) is 16.2 Å². The molecule has 0 aliphatic heterocycles. The molecular formula is C19H11Cl3N2O3S. The zero-order chi connectivity index (χ0) is 20.3. The smallest absolute Gasteiger partial charge is 0.284 e. The largest absolute Gasteiger partial charge is 0.506 e. The molecule has 0 unspecified atom stereocenters. The molecule has 142 valence electrons. The highest BCUT2D eigenvalue weighted by atomic mass is 35.5. The SMILES string of the molecule is O=[N+]([O-])c1cc(Cl)ccc1Sc1ccccc1N=Cc1cc(Cl)cc(Cl)c1O. The molecule has 3 aromatic rings. The average molecular weight is 454 g/mol. The summed E-state index contributed by atoms with van der Waals surface area (Å²) >= 11 is 19.0. The maximum atomic E-state index is 11.3. The van der Waals surface area contributed by atoms with Crippen molar-refractivity contribution < 1.29 is 10.0 Å². The molecule has 0 aliphatic rings. The molecule has 0 saturated heterocycles. The first-order valence-electron chi connectivity index (χ1n) is 7.78. The van der Waals surface area contributed by atoms with E-state index in [9.17, 15) is 15.2 Å². The summed E-state index contributed by atoms with van der Waals surface area (Å²) in [7, 11) is 0. The van der Waals surface area contributed by atoms with Gasteiger partial charge in [-0.25, -0.2) is 0 Å². The number of aromatic hydroxyl groups is 1. The average Bonchev–Trinajstić information content (AvgIpc) is 2.65. The van der Waals surface area contributed by atoms with Crippen LogP contribution in [0.2, 0.25) is 15.1 Å². The van der Waals surface area contributed by atoms with Gasteiger partial charge in [0.05, 0.1) is 20.5 Å². The van der Waals surface area contributed by atoms with E-state index >= 15 is 0 Å². The van der Waals surface area contributed by atoms with E-state index in [0.29, 0.717) is 26.1 Å². The zero-order valence-corrected chi connectivity index (χ0v) is 17.1. The monoisotopic (exact) mass is 452 g/mol. The Balaban J connectivity index is 1.96. The van der Waals surface area contributed by atoms with Gasteiger partial charge in [0.15, 0.2) is 0 Å². The Morgan fingerprint density at radius 1 is 1.00 bits per heavy atom. The Bertz CT molecular complexity index is 1090. The van der Waals surface area contributed by atoms with Gasteiger partial charge in [0.1, 0.15) is 5.75 Å². The second kappa shape index (κ2) is 8.84. The highest BCUT2D eigenvalue weighted by Gasteiger charge is 2.16. The predicted molar refractivity (Wildman–Crippen MR) is 114 cm³/mol. The summed E-state index contributed by atoms with van der Waals surface area (Å²) in [6.45, 7) is 0. The van der Waals surface area contributed by atoms with Crippen molar-refractivity contribution in [3.05, 3.63) is 85.3 Å². The van der Waals surface area contributed by atoms with E-state index in [1.54, 1.807) is 36.4 Å². The third-order valence-electron chi connectivity index (χ3n) is 3.60. The minimum Gasteiger partial charge on any atom is -0.506 e. The zero-order valence-electron chi connectivity index (χ0n) is 14.0. The van der Waals surface area contributed by atoms with Crippen LogP contribution in [0.15, 0.2) is 69.4 Å². The fraction of sp³-hybridized carbons (Fsp3) is 0. The molecule has 0 aliphatic carbocycles. The maximum Gasteiger partial charge on any atom is 0.284 e. The Kier molecular flexibility index (Phi) is 6.46. The molecule has 0 spiro atoms. The number of nitro benzene ring substituents is 1. The first kappa shape index (κ1) is 20.5. The second-order valence-electron chi connectivity index (χ2n) is 5.52. The highest BCUT2D eigenvalue weighted by Crippen LogP contribution is 2.40. The fourth-order valence-corrected chi connectivity index (χ4v) is 3.97. The highest BCUT2D eigenvalue weighted by molar-refractivity contribution is 7.99. The van der Waals surface area contributed by atoms with Gasteiger partial charge in [0, 0.05) is 32.8 Å². The molecule has 9 heteroatoms. The van der Waals surface area contributed by atoms with E-state index < -0.39 is 4.92 Å². The fourth-order valence-electron chi connectivity index (χ4n) is 2.31. The van der Waals surface area contributed by atoms with Gasteiger partial charge in [-0.1, -0.05) is 58.7 Å². The van der Waals surface area contributed by atoms with Crippen LogP contribution in [0.1, 0.15) is 5.56 Å². The van der Waals surface area contributed by atoms with Crippen LogP contribution >= 0.6 is 46.6 Å². The van der Waals surface area contributed by atoms with Gasteiger partial charge >= 0.3 is 0 Å². The van der Waals surface area contributed by atoms with Crippen LogP contribution in [-0.2, 0) is 0 Å². The number of phenols is 1. The number of hydrogen-bond donors (Lipinski definition) is 1. The van der Waals surface area contributed by atoms with Crippen LogP contribution in [0.4, 0.5) is 11.4 Å². The second-order valence-corrected chi connectivity index (χ2v) is 7.89. The van der Waals surface area contributed by atoms with Crippen LogP contribution in [0.25, 0.3) is 0 Å². The van der Waals surface area contributed by atoms with Gasteiger partial charge < -0.3 is 5.11 Å². The molecular weight excluding hydrogens is 443 g/mol. The number of nitro groups is 1. The lowest BCUT2D eigenvalue weighted by atomic mass is 10.2. The molecule has 0 atom stereocenters. The van der Waals surface area contributed by atoms with Crippen molar-refractivity contribution in [1.29, 1.82) is 0 Å². The lowest BCUT2D eigenvalue weighted by Crippen LogP contribution is -1.90. The Morgan fingerprint density at radius 3 is 2.50 bits per heavy atom. The molecule has 0 aromatic heterocycles. The third-order valence-corrected chi connectivity index (χ3v) is 5.47. The normalized spacial score (nSPS) is 11.1. The Labute approximate surface area is 179 Å². The van der Waals surface area contributed by atoms with E-state index in [2.05, 4.69) is 4.99 Å². The van der Waals surface area contributed by atoms with Gasteiger partial charge in [-0.2, -0.15) is 0 Å². The number of para-hydroxylation sites is 1. The van der Waals surface area contributed by atoms with E-state index in [-0.39, 0.29) is 21.5 Å². The van der Waals surface area contributed by atoms with Crippen molar-refractivity contribution in [2.45, 2.75) is 9.79 Å². The summed E-state index contributed by atoms with van der Waals surface area (Å²) in [5.74, 6) is -0.131. The van der Waals surface area contributed by atoms with E-state index in [1.807, 2.05) is 0 Å². The topological polar surface area (TPSA) is 75.7 Å². The number of nitrogens with zero attached hydrogens (tertiary/aromatic N) is 2. The lowest BCUT2D eigenvalue weighted by Gasteiger charge is -2.07. The van der Waals surface area contributed by atoms with E-state index in [4.69, 9.17) is 34.8 Å². The number of phenolic OH excluding ortho intramolecular Hbond substituents is 1. The molecule has 28 heavy (non-hydrogen) atoms. The molecule has 3 rings (SSSR count). The molecule has 5 nitrogen and oxygen atoms in total. The third kappa shape index (κ3) is 4.77. The van der Waals surface area contributed by atoms with Crippen molar-refractivity contribution in [1.82, 2.24) is 0 Å². The predicted octanol–water partition coefficient (Wildman–Crippen LogP) is 7.16. The molecule has 1 N–H and O–H groups in total. The maximum absolute atomic E-state index is 11.3. The Hall–Kier alpha value is -2.25. The number of rotatable bonds is 5. The summed E-state index contributed by atoms with van der Waals surface area (Å²) in [6, 6.07) is 14.6. The van der Waals surface area contributed by atoms with Crippen molar-refractivity contribution in [2.75, 3.05) is 0 Å². The number of benzene rings is 3. The van der Waals surface area contributed by atoms with E-state index in [0.717, 1.165) is 0 Å². The minimum atomic E-state index is -0.480. The van der Waals surface area contributed by atoms with Gasteiger partial charge in [0.2, 0.25) is 0 Å². The molecule has 0 heterocycles. The van der Waals surface area contributed by atoms with Crippen LogP contribution in [0.3, 0.4) is 0 Å². The van der Waals surface area contributed by atoms with Gasteiger partial charge in [0.25, 0.3) is 5.69 Å². The summed E-state index contributed by atoms with van der Waals surface area (Å²) < 4.78 is 0. The lowest BCUT2D eigenvalue weighted by molar-refractivity contribution is -0.387. The molecule has 0 fully saturated rings. The molecule has 0 saturated carbocycles. The first-order chi connectivity index (χ1) is 13.3. The molecule has 3 aromatic carbocycles. The van der Waals surface area contributed by atoms with Gasteiger partial charge in [-0.3, -0.25) is 15.1 Å². The number of halogens is 3. The summed E-state index contributed by atoms with van der Waals surface area (Å²) in [5, 5.41) is 22.1. The van der Waals surface area contributed by atoms with Gasteiger partial charge in [-0.05, 0) is 36.4 Å². The van der Waals surface area contributed by atoms with Crippen LogP contribution in [0.5, 0.6) is 5.75 Å². The van der Waals surface area contributed by atoms with Crippen LogP contribution < -0.4 is 0 Å². The first-order valence-corrected chi connectivity index (χ1v) is 9.73. The van der Waals surface area contributed by atoms with Crippen molar-refractivity contribution in [2.24, 2.45) is 4.99 Å². The molecule has 0 amide bonds. The summed E-state index contributed by atoms with van der Waals surface area (Å²) in [6.07, 6.45) is 1.43. The Morgan fingerprint density at radius 2 is 1.75 bits per heavy atom. The van der Waals surface area contributed by atoms with Gasteiger partial charge in [-0.15, -0.1) is 0 Å². The quantitative estimate of drug-likeness (QED) is 0.252. The molecule has 0 radical (unpaired) electrons. The minimum absolute atomic E-state index is 0.0875. The van der Waals surface area contributed by atoms with E-state index in [1.165, 1.54) is 36.2 Å². The summed E-state index contributed by atoms with van der Waals surface area (Å²) in [5.41, 5.74) is 0.831. The number of aliphatic imine (C=N–C) groups is 1.